The molecule has 0 aliphatic heterocycles. The number of hydrogen-bond donors (Lipinski definition) is 0. The van der Waals surface area contributed by atoms with Crippen LogP contribution >= 0.6 is 0 Å². The molecule has 0 saturated heterocycles. The topological polar surface area (TPSA) is 0 Å². The highest BCUT2D eigenvalue weighted by molar-refractivity contribution is 5.37. The van der Waals surface area contributed by atoms with Crippen LogP contribution in [0.25, 0.3) is 0 Å². The van der Waals surface area contributed by atoms with Gasteiger partial charge in [-0.2, -0.15) is 0 Å². The van der Waals surface area contributed by atoms with Crippen LogP contribution in [0.1, 0.15) is 66.7 Å². The highest BCUT2D eigenvalue weighted by Gasteiger charge is 2.55. The fourth-order valence-electron chi connectivity index (χ4n) is 3.27. The first kappa shape index (κ1) is 12.8. The Bertz CT molecular complexity index is 226. The van der Waals surface area contributed by atoms with Crippen molar-refractivity contribution in [2.45, 2.75) is 66.7 Å². The van der Waals surface area contributed by atoms with E-state index >= 15 is 0 Å². The maximum Gasteiger partial charge on any atom is -0.00451 e. The van der Waals surface area contributed by atoms with Gasteiger partial charge in [0.25, 0.3) is 0 Å². The predicted molar refractivity (Wildman–Crippen MR) is 69.0 cm³/mol. The fourth-order valence-corrected chi connectivity index (χ4v) is 3.27. The Balaban J connectivity index is 2.53. The van der Waals surface area contributed by atoms with Crippen molar-refractivity contribution < 1.29 is 0 Å². The number of hydrogen-bond acceptors (Lipinski definition) is 0. The van der Waals surface area contributed by atoms with E-state index < -0.39 is 0 Å². The Hall–Kier alpha value is -0.260. The molecule has 0 N–H and O–H groups in total. The molecule has 0 aromatic rings. The lowest BCUT2D eigenvalue weighted by Crippen LogP contribution is -2.05. The molecule has 0 radical (unpaired) electrons. The average Bonchev–Trinajstić information content (AvgIpc) is 2.83. The van der Waals surface area contributed by atoms with Crippen LogP contribution < -0.4 is 0 Å². The van der Waals surface area contributed by atoms with E-state index in [1.807, 2.05) is 0 Å². The molecular formula is C15H28. The van der Waals surface area contributed by atoms with Crippen LogP contribution in [0.15, 0.2) is 11.6 Å². The Morgan fingerprint density at radius 3 is 2.47 bits per heavy atom. The van der Waals surface area contributed by atoms with E-state index in [0.29, 0.717) is 5.41 Å². The van der Waals surface area contributed by atoms with E-state index in [9.17, 15) is 0 Å². The third-order valence-corrected chi connectivity index (χ3v) is 4.42. The van der Waals surface area contributed by atoms with Gasteiger partial charge in [-0.15, -0.1) is 0 Å². The van der Waals surface area contributed by atoms with E-state index in [1.165, 1.54) is 32.1 Å². The van der Waals surface area contributed by atoms with Crippen LogP contribution in [-0.4, -0.2) is 0 Å². The molecule has 0 heterocycles. The maximum absolute atomic E-state index is 2.48. The summed E-state index contributed by atoms with van der Waals surface area (Å²) < 4.78 is 0. The quantitative estimate of drug-likeness (QED) is 0.416. The molecule has 0 nitrogen and oxygen atoms in total. The van der Waals surface area contributed by atoms with Crippen molar-refractivity contribution >= 4 is 0 Å². The standard InChI is InChI=1S/C15H28/c1-6-9-10-11-15(5)13(8-3)14(15)12(4)7-2/h8,12,14H,6-7,9-11H2,1-5H3. The van der Waals surface area contributed by atoms with Crippen LogP contribution in [-0.2, 0) is 0 Å². The molecule has 1 aliphatic rings. The maximum atomic E-state index is 2.48. The van der Waals surface area contributed by atoms with Gasteiger partial charge >= 0.3 is 0 Å². The SMILES string of the molecule is CC=C1C(C(C)CC)C1(C)CCCCC. The van der Waals surface area contributed by atoms with Gasteiger partial charge in [0.05, 0.1) is 0 Å². The van der Waals surface area contributed by atoms with Crippen molar-refractivity contribution in [1.82, 2.24) is 0 Å². The van der Waals surface area contributed by atoms with Gasteiger partial charge < -0.3 is 0 Å². The van der Waals surface area contributed by atoms with Gasteiger partial charge in [0.2, 0.25) is 0 Å². The molecule has 15 heavy (non-hydrogen) atoms. The second-order valence-electron chi connectivity index (χ2n) is 5.48. The van der Waals surface area contributed by atoms with Crippen molar-refractivity contribution in [1.29, 1.82) is 0 Å². The monoisotopic (exact) mass is 208 g/mol. The summed E-state index contributed by atoms with van der Waals surface area (Å²) in [5.74, 6) is 1.77. The van der Waals surface area contributed by atoms with Crippen molar-refractivity contribution in [2.75, 3.05) is 0 Å². The van der Waals surface area contributed by atoms with Gasteiger partial charge in [-0.25, -0.2) is 0 Å². The summed E-state index contributed by atoms with van der Waals surface area (Å²) in [6.07, 6.45) is 9.27. The molecule has 0 heteroatoms. The minimum absolute atomic E-state index is 0.569. The van der Waals surface area contributed by atoms with Gasteiger partial charge in [-0.3, -0.25) is 0 Å². The molecule has 1 fully saturated rings. The summed E-state index contributed by atoms with van der Waals surface area (Å²) in [4.78, 5) is 0. The molecule has 0 spiro atoms. The molecule has 3 atom stereocenters. The number of rotatable bonds is 6. The number of allylic oxidation sites excluding steroid dienone is 2. The number of unbranched alkanes of at least 4 members (excludes halogenated alkanes) is 2. The molecule has 0 amide bonds. The largest absolute Gasteiger partial charge is 0.0876 e. The fraction of sp³-hybridized carbons (Fsp3) is 0.867. The Morgan fingerprint density at radius 2 is 2.00 bits per heavy atom. The molecule has 0 aromatic carbocycles. The van der Waals surface area contributed by atoms with Crippen molar-refractivity contribution in [3.8, 4) is 0 Å². The molecule has 1 rings (SSSR count). The normalized spacial score (nSPS) is 34.5. The van der Waals surface area contributed by atoms with Crippen molar-refractivity contribution in [2.24, 2.45) is 17.3 Å². The molecule has 3 unspecified atom stereocenters. The molecule has 0 aromatic heterocycles. The van der Waals surface area contributed by atoms with E-state index in [2.05, 4.69) is 40.7 Å². The van der Waals surface area contributed by atoms with Crippen LogP contribution in [0.5, 0.6) is 0 Å². The van der Waals surface area contributed by atoms with Crippen LogP contribution in [0, 0.1) is 17.3 Å². The van der Waals surface area contributed by atoms with Gasteiger partial charge in [0.15, 0.2) is 0 Å². The molecule has 88 valence electrons. The second kappa shape index (κ2) is 5.18. The summed E-state index contributed by atoms with van der Waals surface area (Å²) in [5.41, 5.74) is 2.31. The zero-order valence-electron chi connectivity index (χ0n) is 11.3. The van der Waals surface area contributed by atoms with Crippen LogP contribution in [0.2, 0.25) is 0 Å². The zero-order valence-corrected chi connectivity index (χ0v) is 11.3. The lowest BCUT2D eigenvalue weighted by atomic mass is 9.91. The zero-order chi connectivity index (χ0) is 11.5. The van der Waals surface area contributed by atoms with Crippen LogP contribution in [0.3, 0.4) is 0 Å². The summed E-state index contributed by atoms with van der Waals surface area (Å²) in [6.45, 7) is 11.7. The predicted octanol–water partition coefficient (Wildman–Crippen LogP) is 5.20. The molecule has 1 aliphatic carbocycles. The Morgan fingerprint density at radius 1 is 1.33 bits per heavy atom. The van der Waals surface area contributed by atoms with E-state index in [-0.39, 0.29) is 0 Å². The lowest BCUT2D eigenvalue weighted by molar-refractivity contribution is 0.362. The van der Waals surface area contributed by atoms with E-state index in [1.54, 1.807) is 5.57 Å². The van der Waals surface area contributed by atoms with E-state index in [0.717, 1.165) is 11.8 Å². The lowest BCUT2D eigenvalue weighted by Gasteiger charge is -2.13. The first-order valence-corrected chi connectivity index (χ1v) is 6.78. The third kappa shape index (κ3) is 2.46. The minimum Gasteiger partial charge on any atom is -0.0876 e. The Kier molecular flexibility index (Phi) is 4.43. The average molecular weight is 208 g/mol. The summed E-state index contributed by atoms with van der Waals surface area (Å²) in [6, 6.07) is 0. The summed E-state index contributed by atoms with van der Waals surface area (Å²) in [5, 5.41) is 0. The molecular weight excluding hydrogens is 180 g/mol. The first-order valence-electron chi connectivity index (χ1n) is 6.78. The molecule has 0 bridgehead atoms. The highest BCUT2D eigenvalue weighted by atomic mass is 14.6. The van der Waals surface area contributed by atoms with Gasteiger partial charge in [0, 0.05) is 0 Å². The highest BCUT2D eigenvalue weighted by Crippen LogP contribution is 2.64. The minimum atomic E-state index is 0.569. The smallest absolute Gasteiger partial charge is 0.00451 e. The van der Waals surface area contributed by atoms with Gasteiger partial charge in [0.1, 0.15) is 0 Å². The summed E-state index contributed by atoms with van der Waals surface area (Å²) >= 11 is 0. The molecule has 1 saturated carbocycles. The summed E-state index contributed by atoms with van der Waals surface area (Å²) in [7, 11) is 0. The third-order valence-electron chi connectivity index (χ3n) is 4.42. The van der Waals surface area contributed by atoms with Crippen LogP contribution in [0.4, 0.5) is 0 Å². The van der Waals surface area contributed by atoms with E-state index in [4.69, 9.17) is 0 Å². The Labute approximate surface area is 96.2 Å². The second-order valence-corrected chi connectivity index (χ2v) is 5.48. The van der Waals surface area contributed by atoms with Crippen molar-refractivity contribution in [3.05, 3.63) is 11.6 Å². The van der Waals surface area contributed by atoms with Gasteiger partial charge in [-0.1, -0.05) is 65.0 Å². The van der Waals surface area contributed by atoms with Crippen molar-refractivity contribution in [3.63, 3.8) is 0 Å². The first-order chi connectivity index (χ1) is 7.11. The van der Waals surface area contributed by atoms with Gasteiger partial charge in [-0.05, 0) is 30.6 Å².